The van der Waals surface area contributed by atoms with Crippen molar-refractivity contribution in [2.45, 2.75) is 13.3 Å². The molecule has 0 N–H and O–H groups in total. The predicted molar refractivity (Wildman–Crippen MR) is 117 cm³/mol. The number of nitrogens with zero attached hydrogens (tertiary/aromatic N) is 1. The molecule has 0 aliphatic heterocycles. The minimum atomic E-state index is -0.333. The third-order valence-electron chi connectivity index (χ3n) is 5.55. The van der Waals surface area contributed by atoms with E-state index in [0.29, 0.717) is 23.0 Å². The van der Waals surface area contributed by atoms with Crippen LogP contribution in [0.5, 0.6) is 23.0 Å². The number of esters is 1. The van der Waals surface area contributed by atoms with Crippen molar-refractivity contribution in [3.05, 3.63) is 41.6 Å². The molecule has 0 aliphatic rings. The molecular formula is C24H28NO6+. The first-order valence-corrected chi connectivity index (χ1v) is 9.75. The minimum absolute atomic E-state index is 0.106. The van der Waals surface area contributed by atoms with Crippen LogP contribution in [0.4, 0.5) is 0 Å². The van der Waals surface area contributed by atoms with E-state index in [1.807, 2.05) is 38.2 Å². The van der Waals surface area contributed by atoms with Gasteiger partial charge in [-0.2, -0.15) is 4.57 Å². The van der Waals surface area contributed by atoms with Crippen LogP contribution < -0.4 is 23.5 Å². The van der Waals surface area contributed by atoms with Crippen molar-refractivity contribution in [2.75, 3.05) is 35.5 Å². The van der Waals surface area contributed by atoms with Crippen LogP contribution in [0, 0.1) is 6.92 Å². The molecule has 2 aromatic carbocycles. The molecule has 0 spiro atoms. The summed E-state index contributed by atoms with van der Waals surface area (Å²) in [5.41, 5.74) is 3.58. The fourth-order valence-corrected chi connectivity index (χ4v) is 3.72. The van der Waals surface area contributed by atoms with Crippen LogP contribution in [0.1, 0.15) is 11.3 Å². The van der Waals surface area contributed by atoms with Gasteiger partial charge in [0.15, 0.2) is 28.7 Å². The van der Waals surface area contributed by atoms with Gasteiger partial charge in [-0.3, -0.25) is 4.79 Å². The van der Waals surface area contributed by atoms with Gasteiger partial charge < -0.3 is 23.7 Å². The van der Waals surface area contributed by atoms with Crippen molar-refractivity contribution in [3.63, 3.8) is 0 Å². The Morgan fingerprint density at radius 3 is 1.94 bits per heavy atom. The average Bonchev–Trinajstić information content (AvgIpc) is 2.80. The zero-order valence-electron chi connectivity index (χ0n) is 19.0. The molecule has 164 valence electrons. The molecule has 0 fully saturated rings. The smallest absolute Gasteiger partial charge is 0.310 e. The van der Waals surface area contributed by atoms with Gasteiger partial charge in [0.1, 0.15) is 7.05 Å². The number of hydrogen-bond acceptors (Lipinski definition) is 6. The number of carbonyl (C=O) groups excluding carboxylic acids is 1. The molecular weight excluding hydrogens is 398 g/mol. The van der Waals surface area contributed by atoms with Crippen molar-refractivity contribution >= 4 is 16.7 Å². The molecule has 0 aliphatic carbocycles. The first-order chi connectivity index (χ1) is 14.9. The Morgan fingerprint density at radius 1 is 0.806 bits per heavy atom. The Kier molecular flexibility index (Phi) is 6.53. The Hall–Kier alpha value is -3.48. The van der Waals surface area contributed by atoms with E-state index in [9.17, 15) is 4.79 Å². The largest absolute Gasteiger partial charge is 0.493 e. The second-order valence-electron chi connectivity index (χ2n) is 7.09. The lowest BCUT2D eigenvalue weighted by atomic mass is 9.97. The molecule has 1 heterocycles. The zero-order chi connectivity index (χ0) is 22.7. The molecule has 7 nitrogen and oxygen atoms in total. The number of ether oxygens (including phenoxy) is 5. The second-order valence-corrected chi connectivity index (χ2v) is 7.09. The first-order valence-electron chi connectivity index (χ1n) is 9.75. The molecule has 1 aromatic heterocycles. The Balaban J connectivity index is 2.33. The lowest BCUT2D eigenvalue weighted by molar-refractivity contribution is -0.665. The van der Waals surface area contributed by atoms with Gasteiger partial charge in [-0.1, -0.05) is 0 Å². The Bertz CT molecular complexity index is 1140. The molecule has 0 bridgehead atoms. The summed E-state index contributed by atoms with van der Waals surface area (Å²) in [6.45, 7) is 2.04. The van der Waals surface area contributed by atoms with Crippen LogP contribution in [-0.4, -0.2) is 41.5 Å². The summed E-state index contributed by atoms with van der Waals surface area (Å²) in [5, 5.41) is 2.03. The normalized spacial score (nSPS) is 10.7. The minimum Gasteiger partial charge on any atom is -0.493 e. The third kappa shape index (κ3) is 4.08. The molecule has 31 heavy (non-hydrogen) atoms. The maximum Gasteiger partial charge on any atom is 0.310 e. The quantitative estimate of drug-likeness (QED) is 0.426. The van der Waals surface area contributed by atoms with Crippen molar-refractivity contribution < 1.29 is 33.0 Å². The molecule has 0 saturated carbocycles. The maximum atomic E-state index is 12.1. The maximum absolute atomic E-state index is 12.1. The third-order valence-corrected chi connectivity index (χ3v) is 5.55. The molecule has 0 unspecified atom stereocenters. The number of carbonyl (C=O) groups is 1. The van der Waals surface area contributed by atoms with Crippen LogP contribution in [0.2, 0.25) is 0 Å². The van der Waals surface area contributed by atoms with Gasteiger partial charge in [-0.05, 0) is 35.2 Å². The Labute approximate surface area is 182 Å². The highest BCUT2D eigenvalue weighted by Crippen LogP contribution is 2.38. The van der Waals surface area contributed by atoms with Gasteiger partial charge in [0.05, 0.1) is 52.9 Å². The summed E-state index contributed by atoms with van der Waals surface area (Å²) < 4.78 is 28.9. The molecule has 0 amide bonds. The molecule has 0 radical (unpaired) electrons. The van der Waals surface area contributed by atoms with Gasteiger partial charge >= 0.3 is 5.97 Å². The lowest BCUT2D eigenvalue weighted by Gasteiger charge is -2.15. The number of rotatable bonds is 7. The zero-order valence-corrected chi connectivity index (χ0v) is 19.0. The van der Waals surface area contributed by atoms with E-state index in [2.05, 4.69) is 10.6 Å². The summed E-state index contributed by atoms with van der Waals surface area (Å²) in [6.07, 6.45) is 0.106. The summed E-state index contributed by atoms with van der Waals surface area (Å²) in [4.78, 5) is 12.1. The van der Waals surface area contributed by atoms with E-state index in [1.54, 1.807) is 28.4 Å². The summed E-state index contributed by atoms with van der Waals surface area (Å²) in [6, 6.07) is 9.69. The van der Waals surface area contributed by atoms with Gasteiger partial charge in [0.25, 0.3) is 0 Å². The molecule has 3 rings (SSSR count). The van der Waals surface area contributed by atoms with Crippen LogP contribution in [0.25, 0.3) is 22.0 Å². The predicted octanol–water partition coefficient (Wildman–Crippen LogP) is 3.39. The highest BCUT2D eigenvalue weighted by atomic mass is 16.5. The van der Waals surface area contributed by atoms with Gasteiger partial charge in [0.2, 0.25) is 5.69 Å². The van der Waals surface area contributed by atoms with Crippen LogP contribution in [0.3, 0.4) is 0 Å². The van der Waals surface area contributed by atoms with E-state index < -0.39 is 0 Å². The number of aryl methyl sites for hydroxylation is 1. The number of aromatic nitrogens is 1. The second kappa shape index (κ2) is 9.12. The van der Waals surface area contributed by atoms with Crippen LogP contribution in [0.15, 0.2) is 30.3 Å². The number of benzene rings is 2. The fraction of sp³-hybridized carbons (Fsp3) is 0.333. The molecule has 3 aromatic rings. The van der Waals surface area contributed by atoms with E-state index >= 15 is 0 Å². The van der Waals surface area contributed by atoms with E-state index in [1.165, 1.54) is 7.11 Å². The topological polar surface area (TPSA) is 67.1 Å². The van der Waals surface area contributed by atoms with Crippen LogP contribution >= 0.6 is 0 Å². The van der Waals surface area contributed by atoms with Crippen molar-refractivity contribution in [1.29, 1.82) is 0 Å². The average molecular weight is 426 g/mol. The number of fused-ring (bicyclic) bond motifs is 1. The summed E-state index contributed by atoms with van der Waals surface area (Å²) in [7, 11) is 9.75. The molecule has 0 saturated heterocycles. The standard InChI is InChI=1S/C24H28NO6/c1-14-17-12-22(29-5)20(27-3)9-15(17)8-19(25(14)2)18-13-23(30-6)21(28-4)10-16(18)11-24(26)31-7/h8-10,12-13H,11H2,1-7H3/q+1. The van der Waals surface area contributed by atoms with Crippen molar-refractivity contribution in [3.8, 4) is 34.3 Å². The highest BCUT2D eigenvalue weighted by Gasteiger charge is 2.24. The highest BCUT2D eigenvalue weighted by molar-refractivity contribution is 5.90. The van der Waals surface area contributed by atoms with Gasteiger partial charge in [-0.25, -0.2) is 0 Å². The van der Waals surface area contributed by atoms with Crippen molar-refractivity contribution in [1.82, 2.24) is 0 Å². The van der Waals surface area contributed by atoms with E-state index in [-0.39, 0.29) is 12.4 Å². The summed E-state index contributed by atoms with van der Waals surface area (Å²) in [5.74, 6) is 2.12. The van der Waals surface area contributed by atoms with Crippen molar-refractivity contribution in [2.24, 2.45) is 7.05 Å². The lowest BCUT2D eigenvalue weighted by Crippen LogP contribution is -2.35. The Morgan fingerprint density at radius 2 is 1.35 bits per heavy atom. The number of methoxy groups -OCH3 is 5. The summed E-state index contributed by atoms with van der Waals surface area (Å²) >= 11 is 0. The fourth-order valence-electron chi connectivity index (χ4n) is 3.72. The monoisotopic (exact) mass is 426 g/mol. The molecule has 7 heteroatoms. The number of hydrogen-bond donors (Lipinski definition) is 0. The first kappa shape index (κ1) is 22.2. The van der Waals surface area contributed by atoms with Gasteiger partial charge in [0, 0.05) is 13.0 Å². The molecule has 0 atom stereocenters. The van der Waals surface area contributed by atoms with Crippen LogP contribution in [-0.2, 0) is 23.0 Å². The van der Waals surface area contributed by atoms with E-state index in [0.717, 1.165) is 33.3 Å². The van der Waals surface area contributed by atoms with E-state index in [4.69, 9.17) is 23.7 Å². The number of pyridine rings is 1. The SMILES string of the molecule is COC(=O)Cc1cc(OC)c(OC)cc1-c1cc2cc(OC)c(OC)cc2c(C)[n+]1C. The van der Waals surface area contributed by atoms with Gasteiger partial charge in [-0.15, -0.1) is 0 Å².